The molecule has 0 radical (unpaired) electrons. The van der Waals surface area contributed by atoms with Crippen molar-refractivity contribution in [2.75, 3.05) is 30.5 Å². The summed E-state index contributed by atoms with van der Waals surface area (Å²) in [5.41, 5.74) is 4.02. The molecule has 0 spiro atoms. The molecular formula is C32H38N4O8. The van der Waals surface area contributed by atoms with Crippen LogP contribution in [-0.4, -0.2) is 59.9 Å². The smallest absolute Gasteiger partial charge is 0.412 e. The van der Waals surface area contributed by atoms with Crippen LogP contribution in [-0.2, 0) is 22.5 Å². The van der Waals surface area contributed by atoms with Crippen LogP contribution in [0.25, 0.3) is 0 Å². The highest BCUT2D eigenvalue weighted by Crippen LogP contribution is 2.35. The van der Waals surface area contributed by atoms with Gasteiger partial charge in [0.2, 0.25) is 0 Å². The molecular weight excluding hydrogens is 568 g/mol. The predicted octanol–water partition coefficient (Wildman–Crippen LogP) is 4.72. The van der Waals surface area contributed by atoms with Crippen molar-refractivity contribution in [2.24, 2.45) is 0 Å². The van der Waals surface area contributed by atoms with E-state index in [9.17, 15) is 24.6 Å². The average Bonchev–Trinajstić information content (AvgIpc) is 2.96. The Morgan fingerprint density at radius 2 is 1.75 bits per heavy atom. The van der Waals surface area contributed by atoms with E-state index in [4.69, 9.17) is 19.6 Å². The summed E-state index contributed by atoms with van der Waals surface area (Å²) in [6, 6.07) is 15.3. The quantitative estimate of drug-likeness (QED) is 0.112. The average molecular weight is 607 g/mol. The lowest BCUT2D eigenvalue weighted by Gasteiger charge is -2.20. The lowest BCUT2D eigenvalue weighted by Crippen LogP contribution is -2.31. The number of nitrogens with one attached hydrogen (secondary N) is 4. The fraction of sp³-hybridized carbons (Fsp3) is 0.312. The summed E-state index contributed by atoms with van der Waals surface area (Å²) in [5.74, 6) is -1.04. The van der Waals surface area contributed by atoms with E-state index < -0.39 is 18.7 Å². The largest absolute Gasteiger partial charge is 0.487 e. The van der Waals surface area contributed by atoms with Crippen LogP contribution in [0.3, 0.4) is 0 Å². The molecule has 0 atom stereocenters. The molecule has 6 N–H and O–H groups in total. The SMILES string of the molecule is CCOC(=O)NC(=N)c1ccc(NC(=O)c2cc(C)ccc2NCc2cc(CCO)cc(OC(C)C)c2OCC(=O)O)cc1. The molecule has 3 aromatic rings. The Morgan fingerprint density at radius 1 is 1.02 bits per heavy atom. The normalized spacial score (nSPS) is 10.6. The maximum atomic E-state index is 13.4. The molecule has 2 amide bonds. The second-order valence-electron chi connectivity index (χ2n) is 10.1. The van der Waals surface area contributed by atoms with Crippen molar-refractivity contribution in [3.63, 3.8) is 0 Å². The van der Waals surface area contributed by atoms with E-state index in [2.05, 4.69) is 16.0 Å². The van der Waals surface area contributed by atoms with Gasteiger partial charge in [0.05, 0.1) is 18.3 Å². The molecule has 0 fully saturated rings. The van der Waals surface area contributed by atoms with Gasteiger partial charge in [-0.15, -0.1) is 0 Å². The zero-order valence-electron chi connectivity index (χ0n) is 25.2. The number of aliphatic carboxylic acids is 1. The fourth-order valence-corrected chi connectivity index (χ4v) is 4.22. The zero-order chi connectivity index (χ0) is 32.2. The van der Waals surface area contributed by atoms with Crippen molar-refractivity contribution < 1.29 is 38.8 Å². The van der Waals surface area contributed by atoms with Gasteiger partial charge in [-0.1, -0.05) is 11.6 Å². The highest BCUT2D eigenvalue weighted by molar-refractivity contribution is 6.09. The first-order chi connectivity index (χ1) is 21.0. The van der Waals surface area contributed by atoms with Crippen molar-refractivity contribution in [2.45, 2.75) is 46.8 Å². The zero-order valence-corrected chi connectivity index (χ0v) is 25.2. The summed E-state index contributed by atoms with van der Waals surface area (Å²) >= 11 is 0. The Morgan fingerprint density at radius 3 is 2.39 bits per heavy atom. The third-order valence-electron chi connectivity index (χ3n) is 6.12. The van der Waals surface area contributed by atoms with Crippen LogP contribution < -0.4 is 25.4 Å². The van der Waals surface area contributed by atoms with E-state index in [0.29, 0.717) is 40.2 Å². The van der Waals surface area contributed by atoms with Crippen molar-refractivity contribution in [1.82, 2.24) is 5.32 Å². The van der Waals surface area contributed by atoms with Gasteiger partial charge in [0.1, 0.15) is 5.84 Å². The van der Waals surface area contributed by atoms with Gasteiger partial charge in [-0.3, -0.25) is 15.5 Å². The van der Waals surface area contributed by atoms with Crippen LogP contribution in [0.15, 0.2) is 54.6 Å². The number of amidine groups is 1. The van der Waals surface area contributed by atoms with Crippen LogP contribution in [0, 0.1) is 12.3 Å². The van der Waals surface area contributed by atoms with Gasteiger partial charge < -0.3 is 35.1 Å². The third kappa shape index (κ3) is 9.73. The maximum absolute atomic E-state index is 13.4. The van der Waals surface area contributed by atoms with Gasteiger partial charge in [-0.05, 0) is 88.2 Å². The lowest BCUT2D eigenvalue weighted by atomic mass is 10.0. The second kappa shape index (κ2) is 15.9. The van der Waals surface area contributed by atoms with Gasteiger partial charge >= 0.3 is 12.1 Å². The van der Waals surface area contributed by atoms with E-state index in [0.717, 1.165) is 11.1 Å². The number of benzene rings is 3. The topological polar surface area (TPSA) is 179 Å². The van der Waals surface area contributed by atoms with Gasteiger partial charge in [0.25, 0.3) is 5.91 Å². The minimum Gasteiger partial charge on any atom is -0.487 e. The molecule has 0 aliphatic heterocycles. The van der Waals surface area contributed by atoms with E-state index in [1.165, 1.54) is 0 Å². The molecule has 3 aromatic carbocycles. The van der Waals surface area contributed by atoms with Crippen molar-refractivity contribution >= 4 is 35.2 Å². The van der Waals surface area contributed by atoms with Crippen LogP contribution in [0.2, 0.25) is 0 Å². The Labute approximate surface area is 255 Å². The standard InChI is InChI=1S/C32H38N4O8/c1-5-42-32(41)36-30(33)22-7-9-24(10-8-22)35-31(40)25-14-20(4)6-11-26(25)34-17-23-15-21(12-13-37)16-27(44-19(2)3)29(23)43-18-28(38)39/h6-11,14-16,19,34,37H,5,12-13,17-18H2,1-4H3,(H,35,40)(H,38,39)(H2,33,36,41). The lowest BCUT2D eigenvalue weighted by molar-refractivity contribution is -0.139. The minimum absolute atomic E-state index is 0.0877. The number of rotatable bonds is 14. The van der Waals surface area contributed by atoms with Crippen molar-refractivity contribution in [1.29, 1.82) is 5.41 Å². The number of amides is 2. The number of carboxylic acids is 1. The van der Waals surface area contributed by atoms with Crippen LogP contribution in [0.1, 0.15) is 53.4 Å². The van der Waals surface area contributed by atoms with E-state index in [1.54, 1.807) is 55.5 Å². The molecule has 0 heterocycles. The van der Waals surface area contributed by atoms with Crippen LogP contribution in [0.4, 0.5) is 16.2 Å². The molecule has 3 rings (SSSR count). The summed E-state index contributed by atoms with van der Waals surface area (Å²) in [4.78, 5) is 36.3. The molecule has 0 aromatic heterocycles. The van der Waals surface area contributed by atoms with Crippen molar-refractivity contribution in [3.05, 3.63) is 82.4 Å². The Bertz CT molecular complexity index is 1490. The van der Waals surface area contributed by atoms with E-state index >= 15 is 0 Å². The molecule has 0 bridgehead atoms. The molecule has 12 heteroatoms. The minimum atomic E-state index is -1.14. The summed E-state index contributed by atoms with van der Waals surface area (Å²) < 4.78 is 16.4. The monoisotopic (exact) mass is 606 g/mol. The Kier molecular flexibility index (Phi) is 12.1. The summed E-state index contributed by atoms with van der Waals surface area (Å²) in [6.07, 6.45) is -0.581. The molecule has 44 heavy (non-hydrogen) atoms. The third-order valence-corrected chi connectivity index (χ3v) is 6.12. The summed E-state index contributed by atoms with van der Waals surface area (Å²) in [5, 5.41) is 35.3. The molecule has 234 valence electrons. The molecule has 0 saturated carbocycles. The van der Waals surface area contributed by atoms with Crippen LogP contribution >= 0.6 is 0 Å². The van der Waals surface area contributed by atoms with Gasteiger partial charge in [-0.2, -0.15) is 0 Å². The van der Waals surface area contributed by atoms with Crippen molar-refractivity contribution in [3.8, 4) is 11.5 Å². The van der Waals surface area contributed by atoms with Gasteiger partial charge in [-0.25, -0.2) is 9.59 Å². The Balaban J connectivity index is 1.84. The van der Waals surface area contributed by atoms with Gasteiger partial charge in [0, 0.05) is 35.7 Å². The molecule has 0 aliphatic carbocycles. The summed E-state index contributed by atoms with van der Waals surface area (Å²) in [7, 11) is 0. The predicted molar refractivity (Wildman–Crippen MR) is 166 cm³/mol. The highest BCUT2D eigenvalue weighted by Gasteiger charge is 2.19. The first-order valence-electron chi connectivity index (χ1n) is 14.1. The molecule has 0 aliphatic rings. The number of alkyl carbamates (subject to hydrolysis) is 1. The number of hydrogen-bond donors (Lipinski definition) is 6. The number of carboxylic acid groups (broad SMARTS) is 1. The summed E-state index contributed by atoms with van der Waals surface area (Å²) in [6.45, 7) is 6.90. The number of carbonyl (C=O) groups excluding carboxylic acids is 2. The fourth-order valence-electron chi connectivity index (χ4n) is 4.22. The Hall–Kier alpha value is -5.10. The number of anilines is 2. The van der Waals surface area contributed by atoms with E-state index in [-0.39, 0.29) is 43.4 Å². The van der Waals surface area contributed by atoms with E-state index in [1.807, 2.05) is 26.8 Å². The number of ether oxygens (including phenoxy) is 3. The molecule has 0 saturated heterocycles. The first-order valence-corrected chi connectivity index (χ1v) is 14.1. The first kappa shape index (κ1) is 33.4. The van der Waals surface area contributed by atoms with Crippen LogP contribution in [0.5, 0.6) is 11.5 Å². The number of aliphatic hydroxyl groups excluding tert-OH is 1. The number of carbonyl (C=O) groups is 3. The molecule has 0 unspecified atom stereocenters. The number of hydrogen-bond acceptors (Lipinski definition) is 9. The molecule has 12 nitrogen and oxygen atoms in total. The highest BCUT2D eigenvalue weighted by atomic mass is 16.5. The second-order valence-corrected chi connectivity index (χ2v) is 10.1. The maximum Gasteiger partial charge on any atom is 0.412 e. The number of aryl methyl sites for hydroxylation is 1. The van der Waals surface area contributed by atoms with Gasteiger partial charge in [0.15, 0.2) is 18.1 Å². The number of aliphatic hydroxyl groups is 1.